The highest BCUT2D eigenvalue weighted by Gasteiger charge is 2.31. The average molecular weight is 220 g/mol. The Kier molecular flexibility index (Phi) is 3.23. The van der Waals surface area contributed by atoms with Crippen molar-refractivity contribution in [2.45, 2.75) is 38.8 Å². The average Bonchev–Trinajstić information content (AvgIpc) is 2.29. The molecule has 0 saturated carbocycles. The van der Waals surface area contributed by atoms with E-state index in [1.165, 1.54) is 6.26 Å². The number of nitrogens with one attached hydrogen (secondary N) is 1. The Hall–Kier alpha value is -0.130. The van der Waals surface area contributed by atoms with E-state index >= 15 is 0 Å². The van der Waals surface area contributed by atoms with Gasteiger partial charge in [0, 0.05) is 24.7 Å². The summed E-state index contributed by atoms with van der Waals surface area (Å²) in [6.07, 6.45) is 2.12. The Labute approximate surface area is 86.7 Å². The minimum atomic E-state index is -3.05. The van der Waals surface area contributed by atoms with E-state index in [0.717, 1.165) is 19.5 Å². The summed E-state index contributed by atoms with van der Waals surface area (Å²) in [4.78, 5) is 2.30. The van der Waals surface area contributed by atoms with Gasteiger partial charge < -0.3 is 0 Å². The van der Waals surface area contributed by atoms with Crippen molar-refractivity contribution in [3.05, 3.63) is 0 Å². The molecule has 0 aromatic heterocycles. The van der Waals surface area contributed by atoms with Crippen molar-refractivity contribution in [3.8, 4) is 0 Å². The van der Waals surface area contributed by atoms with Crippen LogP contribution in [0.3, 0.4) is 0 Å². The molecule has 1 heterocycles. The standard InChI is InChI=1S/C9H20N2O2S/c1-9(2,3)11-6-5-8(7-11)10-14(4,12)13/h8,10H,5-7H2,1-4H3/t8-/m1/s1. The quantitative estimate of drug-likeness (QED) is 0.733. The molecule has 1 saturated heterocycles. The topological polar surface area (TPSA) is 49.4 Å². The number of sulfonamides is 1. The van der Waals surface area contributed by atoms with Crippen molar-refractivity contribution >= 4 is 10.0 Å². The first-order chi connectivity index (χ1) is 6.18. The van der Waals surface area contributed by atoms with Gasteiger partial charge in [-0.25, -0.2) is 13.1 Å². The van der Waals surface area contributed by atoms with Crippen LogP contribution in [0.1, 0.15) is 27.2 Å². The Morgan fingerprint density at radius 1 is 1.36 bits per heavy atom. The van der Waals surface area contributed by atoms with E-state index in [9.17, 15) is 8.42 Å². The summed E-state index contributed by atoms with van der Waals surface area (Å²) < 4.78 is 24.7. The lowest BCUT2D eigenvalue weighted by Gasteiger charge is -2.31. The first-order valence-corrected chi connectivity index (χ1v) is 6.80. The van der Waals surface area contributed by atoms with Gasteiger partial charge in [-0.2, -0.15) is 0 Å². The summed E-state index contributed by atoms with van der Waals surface area (Å²) in [7, 11) is -3.05. The third kappa shape index (κ3) is 3.55. The van der Waals surface area contributed by atoms with E-state index in [2.05, 4.69) is 30.4 Å². The van der Waals surface area contributed by atoms with Crippen LogP contribution in [0, 0.1) is 0 Å². The minimum Gasteiger partial charge on any atom is -0.297 e. The molecule has 1 aliphatic heterocycles. The molecule has 0 aromatic rings. The van der Waals surface area contributed by atoms with Gasteiger partial charge in [0.15, 0.2) is 0 Å². The van der Waals surface area contributed by atoms with Gasteiger partial charge in [-0.15, -0.1) is 0 Å². The predicted molar refractivity (Wildman–Crippen MR) is 57.7 cm³/mol. The second-order valence-electron chi connectivity index (χ2n) is 4.99. The molecule has 0 unspecified atom stereocenters. The van der Waals surface area contributed by atoms with Crippen molar-refractivity contribution < 1.29 is 8.42 Å². The van der Waals surface area contributed by atoms with Gasteiger partial charge in [-0.1, -0.05) is 0 Å². The van der Waals surface area contributed by atoms with Gasteiger partial charge in [0.1, 0.15) is 0 Å². The number of rotatable bonds is 2. The SMILES string of the molecule is CC(C)(C)N1CC[C@@H](NS(C)(=O)=O)C1. The second kappa shape index (κ2) is 3.79. The van der Waals surface area contributed by atoms with Crippen LogP contribution >= 0.6 is 0 Å². The van der Waals surface area contributed by atoms with E-state index < -0.39 is 10.0 Å². The molecule has 84 valence electrons. The molecule has 1 fully saturated rings. The maximum Gasteiger partial charge on any atom is 0.208 e. The van der Waals surface area contributed by atoms with Crippen LogP contribution < -0.4 is 4.72 Å². The smallest absolute Gasteiger partial charge is 0.208 e. The zero-order valence-corrected chi connectivity index (χ0v) is 10.2. The first kappa shape index (κ1) is 11.9. The van der Waals surface area contributed by atoms with Gasteiger partial charge in [-0.05, 0) is 27.2 Å². The van der Waals surface area contributed by atoms with Crippen molar-refractivity contribution in [2.24, 2.45) is 0 Å². The zero-order chi connectivity index (χ0) is 11.0. The summed E-state index contributed by atoms with van der Waals surface area (Å²) in [5.74, 6) is 0. The predicted octanol–water partition coefficient (Wildman–Crippen LogP) is 0.408. The molecule has 0 aliphatic carbocycles. The lowest BCUT2D eigenvalue weighted by molar-refractivity contribution is 0.172. The molecule has 1 rings (SSSR count). The summed E-state index contributed by atoms with van der Waals surface area (Å²) in [5.41, 5.74) is 0.133. The maximum absolute atomic E-state index is 11.0. The Bertz CT molecular complexity index is 292. The highest BCUT2D eigenvalue weighted by Crippen LogP contribution is 2.20. The van der Waals surface area contributed by atoms with Crippen LogP contribution in [-0.2, 0) is 10.0 Å². The van der Waals surface area contributed by atoms with Gasteiger partial charge in [0.2, 0.25) is 10.0 Å². The second-order valence-corrected chi connectivity index (χ2v) is 6.77. The Balaban J connectivity index is 2.50. The fourth-order valence-electron chi connectivity index (χ4n) is 1.77. The first-order valence-electron chi connectivity index (χ1n) is 4.91. The zero-order valence-electron chi connectivity index (χ0n) is 9.37. The summed E-state index contributed by atoms with van der Waals surface area (Å²) in [6, 6.07) is 0.0872. The van der Waals surface area contributed by atoms with Crippen LogP contribution in [0.5, 0.6) is 0 Å². The highest BCUT2D eigenvalue weighted by molar-refractivity contribution is 7.88. The van der Waals surface area contributed by atoms with Crippen LogP contribution in [0.4, 0.5) is 0 Å². The molecule has 0 radical (unpaired) electrons. The lowest BCUT2D eigenvalue weighted by atomic mass is 10.1. The summed E-state index contributed by atoms with van der Waals surface area (Å²) in [6.45, 7) is 8.23. The summed E-state index contributed by atoms with van der Waals surface area (Å²) in [5, 5.41) is 0. The number of likely N-dealkylation sites (tertiary alicyclic amines) is 1. The maximum atomic E-state index is 11.0. The van der Waals surface area contributed by atoms with Crippen molar-refractivity contribution in [2.75, 3.05) is 19.3 Å². The molecule has 0 amide bonds. The van der Waals surface area contributed by atoms with Crippen molar-refractivity contribution in [1.29, 1.82) is 0 Å². The van der Waals surface area contributed by atoms with Crippen molar-refractivity contribution in [3.63, 3.8) is 0 Å². The lowest BCUT2D eigenvalue weighted by Crippen LogP contribution is -2.43. The third-order valence-electron chi connectivity index (χ3n) is 2.52. The molecule has 1 aliphatic rings. The molecule has 1 atom stereocenters. The Morgan fingerprint density at radius 2 is 1.93 bits per heavy atom. The van der Waals surface area contributed by atoms with Crippen molar-refractivity contribution in [1.82, 2.24) is 9.62 Å². The van der Waals surface area contributed by atoms with Gasteiger partial charge in [0.05, 0.1) is 6.26 Å². The number of hydrogen-bond acceptors (Lipinski definition) is 3. The monoisotopic (exact) mass is 220 g/mol. The normalized spacial score (nSPS) is 25.6. The molecular formula is C9H20N2O2S. The number of hydrogen-bond donors (Lipinski definition) is 1. The third-order valence-corrected chi connectivity index (χ3v) is 3.28. The van der Waals surface area contributed by atoms with Crippen LogP contribution in [0.25, 0.3) is 0 Å². The Morgan fingerprint density at radius 3 is 2.29 bits per heavy atom. The van der Waals surface area contributed by atoms with Crippen LogP contribution in [0.2, 0.25) is 0 Å². The summed E-state index contributed by atoms with van der Waals surface area (Å²) >= 11 is 0. The molecule has 1 N–H and O–H groups in total. The minimum absolute atomic E-state index is 0.0872. The molecular weight excluding hydrogens is 200 g/mol. The van der Waals surface area contributed by atoms with Crippen LogP contribution in [0.15, 0.2) is 0 Å². The molecule has 0 bridgehead atoms. The molecule has 0 spiro atoms. The van der Waals surface area contributed by atoms with Gasteiger partial charge in [-0.3, -0.25) is 4.90 Å². The molecule has 4 nitrogen and oxygen atoms in total. The fourth-order valence-corrected chi connectivity index (χ4v) is 2.57. The fraction of sp³-hybridized carbons (Fsp3) is 1.00. The van der Waals surface area contributed by atoms with Crippen LogP contribution in [-0.4, -0.2) is 44.2 Å². The largest absolute Gasteiger partial charge is 0.297 e. The van der Waals surface area contributed by atoms with E-state index in [1.54, 1.807) is 0 Å². The van der Waals surface area contributed by atoms with E-state index in [1.807, 2.05) is 0 Å². The van der Waals surface area contributed by atoms with E-state index in [-0.39, 0.29) is 11.6 Å². The molecule has 5 heteroatoms. The van der Waals surface area contributed by atoms with Gasteiger partial charge in [0.25, 0.3) is 0 Å². The van der Waals surface area contributed by atoms with E-state index in [0.29, 0.717) is 0 Å². The highest BCUT2D eigenvalue weighted by atomic mass is 32.2. The molecule has 14 heavy (non-hydrogen) atoms. The molecule has 0 aromatic carbocycles. The van der Waals surface area contributed by atoms with Gasteiger partial charge >= 0.3 is 0 Å². The van der Waals surface area contributed by atoms with E-state index in [4.69, 9.17) is 0 Å². The number of nitrogens with zero attached hydrogens (tertiary/aromatic N) is 1.